The SMILES string of the molecule is CC(Cl)C(=O)NC(=O)Nc1cnns1. The second-order valence-corrected chi connectivity index (χ2v) is 3.78. The summed E-state index contributed by atoms with van der Waals surface area (Å²) in [5.41, 5.74) is 0. The number of alkyl halides is 1. The van der Waals surface area contributed by atoms with E-state index >= 15 is 0 Å². The summed E-state index contributed by atoms with van der Waals surface area (Å²) in [5, 5.41) is 7.63. The highest BCUT2D eigenvalue weighted by molar-refractivity contribution is 7.10. The van der Waals surface area contributed by atoms with Gasteiger partial charge in [0.1, 0.15) is 10.4 Å². The first-order valence-electron chi connectivity index (χ1n) is 3.63. The lowest BCUT2D eigenvalue weighted by molar-refractivity contribution is -0.119. The maximum atomic E-state index is 11.1. The van der Waals surface area contributed by atoms with Gasteiger partial charge in [0.25, 0.3) is 0 Å². The molecule has 0 aliphatic heterocycles. The minimum atomic E-state index is -0.750. The van der Waals surface area contributed by atoms with Gasteiger partial charge in [-0.3, -0.25) is 15.4 Å². The number of nitrogens with zero attached hydrogens (tertiary/aromatic N) is 2. The Morgan fingerprint density at radius 3 is 2.86 bits per heavy atom. The molecular weight excluding hydrogens is 228 g/mol. The molecule has 0 spiro atoms. The van der Waals surface area contributed by atoms with Gasteiger partial charge in [-0.2, -0.15) is 0 Å². The summed E-state index contributed by atoms with van der Waals surface area (Å²) < 4.78 is 3.53. The number of hydrogen-bond acceptors (Lipinski definition) is 5. The number of aromatic nitrogens is 2. The highest BCUT2D eigenvalue weighted by atomic mass is 35.5. The van der Waals surface area contributed by atoms with Crippen LogP contribution in [0, 0.1) is 0 Å². The quantitative estimate of drug-likeness (QED) is 0.742. The zero-order valence-electron chi connectivity index (χ0n) is 7.15. The van der Waals surface area contributed by atoms with Crippen molar-refractivity contribution < 1.29 is 9.59 Å². The number of carbonyl (C=O) groups is 2. The number of anilines is 1. The third-order valence-electron chi connectivity index (χ3n) is 1.20. The predicted octanol–water partition coefficient (Wildman–Crippen LogP) is 0.813. The molecule has 1 unspecified atom stereocenters. The Kier molecular flexibility index (Phi) is 3.78. The molecule has 6 nitrogen and oxygen atoms in total. The summed E-state index contributed by atoms with van der Waals surface area (Å²) in [6.45, 7) is 1.47. The third kappa shape index (κ3) is 3.27. The molecule has 76 valence electrons. The van der Waals surface area contributed by atoms with Crippen LogP contribution in [0.1, 0.15) is 6.92 Å². The zero-order valence-corrected chi connectivity index (χ0v) is 8.72. The van der Waals surface area contributed by atoms with Crippen molar-refractivity contribution >= 4 is 40.1 Å². The van der Waals surface area contributed by atoms with Gasteiger partial charge in [-0.05, 0) is 6.92 Å². The van der Waals surface area contributed by atoms with Gasteiger partial charge in [0.15, 0.2) is 0 Å². The van der Waals surface area contributed by atoms with Crippen molar-refractivity contribution in [3.63, 3.8) is 0 Å². The molecule has 2 N–H and O–H groups in total. The lowest BCUT2D eigenvalue weighted by Gasteiger charge is -2.04. The van der Waals surface area contributed by atoms with E-state index in [2.05, 4.69) is 14.9 Å². The van der Waals surface area contributed by atoms with Crippen LogP contribution < -0.4 is 10.6 Å². The van der Waals surface area contributed by atoms with Crippen LogP contribution >= 0.6 is 23.1 Å². The number of imide groups is 1. The predicted molar refractivity (Wildman–Crippen MR) is 52.4 cm³/mol. The van der Waals surface area contributed by atoms with Gasteiger partial charge in [0, 0.05) is 11.5 Å². The van der Waals surface area contributed by atoms with Crippen molar-refractivity contribution in [2.45, 2.75) is 12.3 Å². The summed E-state index contributed by atoms with van der Waals surface area (Å²) in [6, 6.07) is -0.645. The minimum Gasteiger partial charge on any atom is -0.296 e. The molecule has 1 aromatic heterocycles. The third-order valence-corrected chi connectivity index (χ3v) is 1.97. The maximum absolute atomic E-state index is 11.1. The van der Waals surface area contributed by atoms with E-state index in [1.54, 1.807) is 0 Å². The smallest absolute Gasteiger partial charge is 0.296 e. The van der Waals surface area contributed by atoms with Gasteiger partial charge < -0.3 is 0 Å². The van der Waals surface area contributed by atoms with Gasteiger partial charge in [-0.25, -0.2) is 4.79 Å². The molecule has 1 heterocycles. The molecule has 0 aliphatic carbocycles. The molecule has 8 heteroatoms. The first kappa shape index (κ1) is 10.9. The van der Waals surface area contributed by atoms with Crippen LogP contribution in [0.3, 0.4) is 0 Å². The highest BCUT2D eigenvalue weighted by Crippen LogP contribution is 2.08. The van der Waals surface area contributed by atoms with Gasteiger partial charge in [0.2, 0.25) is 5.91 Å². The van der Waals surface area contributed by atoms with Crippen molar-refractivity contribution in [2.75, 3.05) is 5.32 Å². The Bertz CT molecular complexity index is 327. The lowest BCUT2D eigenvalue weighted by Crippen LogP contribution is -2.37. The molecule has 0 fully saturated rings. The highest BCUT2D eigenvalue weighted by Gasteiger charge is 2.13. The van der Waals surface area contributed by atoms with E-state index in [9.17, 15) is 9.59 Å². The Morgan fingerprint density at radius 2 is 2.36 bits per heavy atom. The van der Waals surface area contributed by atoms with Crippen LogP contribution in [0.5, 0.6) is 0 Å². The standard InChI is InChI=1S/C6H7ClN4O2S/c1-3(7)5(12)10-6(13)9-4-2-8-11-14-4/h2-3H,1H3,(H2,9,10,12,13). The fraction of sp³-hybridized carbons (Fsp3) is 0.333. The molecule has 1 atom stereocenters. The number of amides is 3. The first-order valence-corrected chi connectivity index (χ1v) is 4.84. The van der Waals surface area contributed by atoms with Crippen molar-refractivity contribution in [3.8, 4) is 0 Å². The summed E-state index contributed by atoms with van der Waals surface area (Å²) >= 11 is 6.45. The number of nitrogens with one attached hydrogen (secondary N) is 2. The number of hydrogen-bond donors (Lipinski definition) is 2. The zero-order chi connectivity index (χ0) is 10.6. The average molecular weight is 235 g/mol. The molecule has 3 amide bonds. The van der Waals surface area contributed by atoms with Crippen LogP contribution in [-0.4, -0.2) is 26.9 Å². The van der Waals surface area contributed by atoms with E-state index in [0.717, 1.165) is 11.5 Å². The summed E-state index contributed by atoms with van der Waals surface area (Å²) in [6.07, 6.45) is 1.37. The van der Waals surface area contributed by atoms with E-state index in [4.69, 9.17) is 11.6 Å². The molecule has 1 aromatic rings. The Labute approximate surface area is 88.8 Å². The molecule has 14 heavy (non-hydrogen) atoms. The van der Waals surface area contributed by atoms with E-state index in [-0.39, 0.29) is 0 Å². The van der Waals surface area contributed by atoms with Crippen LogP contribution in [-0.2, 0) is 4.79 Å². The first-order chi connectivity index (χ1) is 6.59. The number of urea groups is 1. The summed E-state index contributed by atoms with van der Waals surface area (Å²) in [7, 11) is 0. The summed E-state index contributed by atoms with van der Waals surface area (Å²) in [5.74, 6) is -0.554. The van der Waals surface area contributed by atoms with E-state index in [1.165, 1.54) is 13.1 Å². The minimum absolute atomic E-state index is 0.456. The molecule has 1 rings (SSSR count). The fourth-order valence-corrected chi connectivity index (χ4v) is 1.05. The van der Waals surface area contributed by atoms with Crippen molar-refractivity contribution in [1.82, 2.24) is 14.9 Å². The van der Waals surface area contributed by atoms with Crippen molar-refractivity contribution in [3.05, 3.63) is 6.20 Å². The molecular formula is C6H7ClN4O2S. The normalized spacial score (nSPS) is 11.9. The van der Waals surface area contributed by atoms with Gasteiger partial charge in [-0.15, -0.1) is 16.7 Å². The van der Waals surface area contributed by atoms with Crippen molar-refractivity contribution in [2.24, 2.45) is 0 Å². The molecule has 0 saturated carbocycles. The van der Waals surface area contributed by atoms with Gasteiger partial charge in [0.05, 0.1) is 6.20 Å². The Hall–Kier alpha value is -1.21. The number of rotatable bonds is 2. The topological polar surface area (TPSA) is 84.0 Å². The monoisotopic (exact) mass is 234 g/mol. The van der Waals surface area contributed by atoms with Gasteiger partial charge >= 0.3 is 6.03 Å². The molecule has 0 aromatic carbocycles. The lowest BCUT2D eigenvalue weighted by atomic mass is 10.4. The van der Waals surface area contributed by atoms with Crippen LogP contribution in [0.2, 0.25) is 0 Å². The van der Waals surface area contributed by atoms with Crippen LogP contribution in [0.25, 0.3) is 0 Å². The Balaban J connectivity index is 2.41. The second kappa shape index (κ2) is 4.87. The fourth-order valence-electron chi connectivity index (χ4n) is 0.577. The van der Waals surface area contributed by atoms with Crippen LogP contribution in [0.15, 0.2) is 6.20 Å². The molecule has 0 bridgehead atoms. The van der Waals surface area contributed by atoms with E-state index in [1.807, 2.05) is 5.32 Å². The van der Waals surface area contributed by atoms with Crippen LogP contribution in [0.4, 0.5) is 9.80 Å². The molecule has 0 aliphatic rings. The van der Waals surface area contributed by atoms with E-state index in [0.29, 0.717) is 5.00 Å². The number of carbonyl (C=O) groups excluding carboxylic acids is 2. The van der Waals surface area contributed by atoms with Gasteiger partial charge in [-0.1, -0.05) is 4.49 Å². The van der Waals surface area contributed by atoms with E-state index < -0.39 is 17.3 Å². The second-order valence-electron chi connectivity index (χ2n) is 2.34. The number of halogens is 1. The Morgan fingerprint density at radius 1 is 1.64 bits per heavy atom. The molecule has 0 saturated heterocycles. The molecule has 0 radical (unpaired) electrons. The largest absolute Gasteiger partial charge is 0.326 e. The maximum Gasteiger partial charge on any atom is 0.326 e. The average Bonchev–Trinajstić information content (AvgIpc) is 2.56. The van der Waals surface area contributed by atoms with Crippen molar-refractivity contribution in [1.29, 1.82) is 0 Å². The summed E-state index contributed by atoms with van der Waals surface area (Å²) in [4.78, 5) is 22.0.